The molecule has 5 nitrogen and oxygen atoms in total. The van der Waals surface area contributed by atoms with E-state index in [1.807, 2.05) is 33.8 Å². The van der Waals surface area contributed by atoms with Gasteiger partial charge < -0.3 is 10.1 Å². The van der Waals surface area contributed by atoms with Crippen LogP contribution in [0.4, 0.5) is 4.79 Å². The molecular formula is C14H18ClN3O2S. The minimum atomic E-state index is -0.496. The predicted octanol–water partition coefficient (Wildman–Crippen LogP) is 3.80. The summed E-state index contributed by atoms with van der Waals surface area (Å²) in [5.41, 5.74) is 0.337. The van der Waals surface area contributed by atoms with E-state index in [1.54, 1.807) is 11.3 Å². The molecule has 0 aliphatic rings. The third-order valence-electron chi connectivity index (χ3n) is 2.59. The lowest BCUT2D eigenvalue weighted by Crippen LogP contribution is -2.38. The molecule has 21 heavy (non-hydrogen) atoms. The second-order valence-corrected chi connectivity index (χ2v) is 7.34. The number of aromatic nitrogens is 2. The van der Waals surface area contributed by atoms with Crippen molar-refractivity contribution in [2.24, 2.45) is 0 Å². The van der Waals surface area contributed by atoms with E-state index in [0.29, 0.717) is 11.6 Å². The molecule has 2 aromatic heterocycles. The Balaban J connectivity index is 2.00. The van der Waals surface area contributed by atoms with Crippen LogP contribution in [-0.2, 0) is 11.2 Å². The maximum absolute atomic E-state index is 11.7. The molecule has 0 aromatic carbocycles. The molecular weight excluding hydrogens is 310 g/mol. The number of nitrogens with zero attached hydrogens (tertiary/aromatic N) is 2. The average molecular weight is 328 g/mol. The molecule has 0 spiro atoms. The number of halogens is 1. The molecule has 0 saturated carbocycles. The first-order valence-electron chi connectivity index (χ1n) is 6.63. The largest absolute Gasteiger partial charge is 0.444 e. The summed E-state index contributed by atoms with van der Waals surface area (Å²) < 4.78 is 6.11. The smallest absolute Gasteiger partial charge is 0.407 e. The Labute approximate surface area is 132 Å². The standard InChI is InChI=1S/C14H18ClN3O2S/c1-8(18-13(19)20-14(2,3)4)5-9-6-10-11(21-9)12(15)17-7-16-10/h6-8H,5H2,1-4H3,(H,18,19)/t8-/m0/s1. The van der Waals surface area contributed by atoms with Crippen molar-refractivity contribution in [1.29, 1.82) is 0 Å². The first kappa shape index (κ1) is 16.0. The molecule has 0 radical (unpaired) electrons. The van der Waals surface area contributed by atoms with Gasteiger partial charge in [0.2, 0.25) is 0 Å². The fraction of sp³-hybridized carbons (Fsp3) is 0.500. The van der Waals surface area contributed by atoms with E-state index >= 15 is 0 Å². The molecule has 0 fully saturated rings. The van der Waals surface area contributed by atoms with E-state index in [2.05, 4.69) is 15.3 Å². The van der Waals surface area contributed by atoms with Gasteiger partial charge in [0.05, 0.1) is 10.2 Å². The Bertz CT molecular complexity index is 651. The van der Waals surface area contributed by atoms with Gasteiger partial charge in [-0.05, 0) is 33.8 Å². The van der Waals surface area contributed by atoms with Crippen LogP contribution in [0.25, 0.3) is 10.2 Å². The molecule has 1 atom stereocenters. The molecule has 114 valence electrons. The number of ether oxygens (including phenoxy) is 1. The van der Waals surface area contributed by atoms with Gasteiger partial charge in [0.25, 0.3) is 0 Å². The number of amides is 1. The molecule has 0 unspecified atom stereocenters. The Morgan fingerprint density at radius 3 is 2.81 bits per heavy atom. The summed E-state index contributed by atoms with van der Waals surface area (Å²) in [5.74, 6) is 0. The van der Waals surface area contributed by atoms with Crippen molar-refractivity contribution in [3.63, 3.8) is 0 Å². The van der Waals surface area contributed by atoms with Crippen molar-refractivity contribution >= 4 is 39.2 Å². The van der Waals surface area contributed by atoms with Gasteiger partial charge in [-0.25, -0.2) is 14.8 Å². The lowest BCUT2D eigenvalue weighted by Gasteiger charge is -2.21. The highest BCUT2D eigenvalue weighted by Gasteiger charge is 2.18. The van der Waals surface area contributed by atoms with E-state index in [4.69, 9.17) is 16.3 Å². The lowest BCUT2D eigenvalue weighted by atomic mass is 10.2. The summed E-state index contributed by atoms with van der Waals surface area (Å²) in [7, 11) is 0. The van der Waals surface area contributed by atoms with Crippen LogP contribution in [0.5, 0.6) is 0 Å². The van der Waals surface area contributed by atoms with Crippen molar-refractivity contribution in [3.05, 3.63) is 22.4 Å². The Morgan fingerprint density at radius 2 is 2.19 bits per heavy atom. The zero-order valence-electron chi connectivity index (χ0n) is 12.4. The van der Waals surface area contributed by atoms with Crippen LogP contribution in [0.3, 0.4) is 0 Å². The predicted molar refractivity (Wildman–Crippen MR) is 85.0 cm³/mol. The normalized spacial score (nSPS) is 13.2. The molecule has 2 rings (SSSR count). The quantitative estimate of drug-likeness (QED) is 0.871. The van der Waals surface area contributed by atoms with Crippen LogP contribution < -0.4 is 5.32 Å². The third kappa shape index (κ3) is 4.54. The van der Waals surface area contributed by atoms with Crippen molar-refractivity contribution in [3.8, 4) is 0 Å². The third-order valence-corrected chi connectivity index (χ3v) is 4.14. The SMILES string of the molecule is C[C@@H](Cc1cc2ncnc(Cl)c2s1)NC(=O)OC(C)(C)C. The highest BCUT2D eigenvalue weighted by atomic mass is 35.5. The van der Waals surface area contributed by atoms with Crippen molar-refractivity contribution < 1.29 is 9.53 Å². The first-order valence-corrected chi connectivity index (χ1v) is 7.82. The molecule has 1 N–H and O–H groups in total. The Hall–Kier alpha value is -1.40. The maximum Gasteiger partial charge on any atom is 0.407 e. The number of hydrogen-bond donors (Lipinski definition) is 1. The summed E-state index contributed by atoms with van der Waals surface area (Å²) in [4.78, 5) is 21.0. The van der Waals surface area contributed by atoms with Crippen LogP contribution in [0.1, 0.15) is 32.6 Å². The molecule has 0 saturated heterocycles. The van der Waals surface area contributed by atoms with E-state index in [1.165, 1.54) is 6.33 Å². The van der Waals surface area contributed by atoms with Gasteiger partial charge in [0.15, 0.2) is 0 Å². The van der Waals surface area contributed by atoms with Gasteiger partial charge in [-0.2, -0.15) is 0 Å². The number of alkyl carbamates (subject to hydrolysis) is 1. The zero-order chi connectivity index (χ0) is 15.6. The number of nitrogens with one attached hydrogen (secondary N) is 1. The minimum Gasteiger partial charge on any atom is -0.444 e. The molecule has 7 heteroatoms. The van der Waals surface area contributed by atoms with Crippen molar-refractivity contribution in [2.45, 2.75) is 45.8 Å². The summed E-state index contributed by atoms with van der Waals surface area (Å²) in [6, 6.07) is 1.93. The Kier molecular flexibility index (Phi) is 4.68. The van der Waals surface area contributed by atoms with Crippen molar-refractivity contribution in [1.82, 2.24) is 15.3 Å². The van der Waals surface area contributed by atoms with Gasteiger partial charge in [-0.15, -0.1) is 11.3 Å². The fourth-order valence-corrected chi connectivity index (χ4v) is 3.21. The van der Waals surface area contributed by atoms with Gasteiger partial charge in [0, 0.05) is 17.3 Å². The van der Waals surface area contributed by atoms with Crippen LogP contribution in [0.2, 0.25) is 5.15 Å². The molecule has 0 bridgehead atoms. The molecule has 1 amide bonds. The second-order valence-electron chi connectivity index (χ2n) is 5.84. The van der Waals surface area contributed by atoms with Gasteiger partial charge in [-0.1, -0.05) is 11.6 Å². The molecule has 2 heterocycles. The Morgan fingerprint density at radius 1 is 1.48 bits per heavy atom. The van der Waals surface area contributed by atoms with Gasteiger partial charge in [0.1, 0.15) is 17.1 Å². The average Bonchev–Trinajstić information content (AvgIpc) is 2.69. The minimum absolute atomic E-state index is 0.0420. The summed E-state index contributed by atoms with van der Waals surface area (Å²) >= 11 is 7.58. The highest BCUT2D eigenvalue weighted by molar-refractivity contribution is 7.19. The number of carbonyl (C=O) groups excluding carboxylic acids is 1. The second kappa shape index (κ2) is 6.15. The van der Waals surface area contributed by atoms with Crippen LogP contribution in [-0.4, -0.2) is 27.7 Å². The van der Waals surface area contributed by atoms with E-state index in [-0.39, 0.29) is 6.04 Å². The molecule has 2 aromatic rings. The summed E-state index contributed by atoms with van der Waals surface area (Å²) in [5, 5.41) is 3.28. The lowest BCUT2D eigenvalue weighted by molar-refractivity contribution is 0.0509. The zero-order valence-corrected chi connectivity index (χ0v) is 14.0. The number of carbonyl (C=O) groups is 1. The summed E-state index contributed by atoms with van der Waals surface area (Å²) in [6.07, 6.45) is 1.73. The van der Waals surface area contributed by atoms with Crippen LogP contribution >= 0.6 is 22.9 Å². The molecule has 0 aliphatic carbocycles. The number of hydrogen-bond acceptors (Lipinski definition) is 5. The highest BCUT2D eigenvalue weighted by Crippen LogP contribution is 2.29. The number of rotatable bonds is 3. The summed E-state index contributed by atoms with van der Waals surface area (Å²) in [6.45, 7) is 7.44. The van der Waals surface area contributed by atoms with Crippen molar-refractivity contribution in [2.75, 3.05) is 0 Å². The van der Waals surface area contributed by atoms with E-state index in [9.17, 15) is 4.79 Å². The topological polar surface area (TPSA) is 64.1 Å². The maximum atomic E-state index is 11.7. The van der Waals surface area contributed by atoms with E-state index in [0.717, 1.165) is 15.1 Å². The first-order chi connectivity index (χ1) is 9.74. The van der Waals surface area contributed by atoms with Crippen LogP contribution in [0, 0.1) is 0 Å². The van der Waals surface area contributed by atoms with Gasteiger partial charge in [-0.3, -0.25) is 0 Å². The van der Waals surface area contributed by atoms with Crippen LogP contribution in [0.15, 0.2) is 12.4 Å². The fourth-order valence-electron chi connectivity index (χ4n) is 1.84. The molecule has 0 aliphatic heterocycles. The number of thiophene rings is 1. The monoisotopic (exact) mass is 327 g/mol. The number of fused-ring (bicyclic) bond motifs is 1. The van der Waals surface area contributed by atoms with Gasteiger partial charge >= 0.3 is 6.09 Å². The van der Waals surface area contributed by atoms with E-state index < -0.39 is 11.7 Å².